The van der Waals surface area contributed by atoms with Gasteiger partial charge in [0.25, 0.3) is 0 Å². The Morgan fingerprint density at radius 3 is 3.00 bits per heavy atom. The third kappa shape index (κ3) is 4.05. The number of unbranched alkanes of at least 4 members (excludes halogenated alkanes) is 1. The zero-order valence-corrected chi connectivity index (χ0v) is 11.5. The smallest absolute Gasteiger partial charge is 0.0941 e. The molecule has 0 saturated heterocycles. The first-order valence-electron chi connectivity index (χ1n) is 6.71. The van der Waals surface area contributed by atoms with Gasteiger partial charge < -0.3 is 5.73 Å². The maximum atomic E-state index is 5.55. The highest BCUT2D eigenvalue weighted by Gasteiger charge is 2.28. The molecule has 17 heavy (non-hydrogen) atoms. The van der Waals surface area contributed by atoms with Crippen LogP contribution in [0.4, 0.5) is 0 Å². The van der Waals surface area contributed by atoms with Gasteiger partial charge in [0.2, 0.25) is 0 Å². The molecule has 0 atom stereocenters. The van der Waals surface area contributed by atoms with E-state index in [1.165, 1.54) is 42.9 Å². The minimum absolute atomic E-state index is 0.703. The van der Waals surface area contributed by atoms with Crippen molar-refractivity contribution >= 4 is 11.3 Å². The number of aromatic nitrogens is 1. The molecule has 1 heterocycles. The quantitative estimate of drug-likeness (QED) is 0.773. The molecule has 0 spiro atoms. The summed E-state index contributed by atoms with van der Waals surface area (Å²) < 4.78 is 0. The van der Waals surface area contributed by atoms with E-state index in [1.807, 2.05) is 0 Å². The fourth-order valence-electron chi connectivity index (χ4n) is 2.06. The highest BCUT2D eigenvalue weighted by atomic mass is 32.1. The van der Waals surface area contributed by atoms with Crippen LogP contribution in [0.2, 0.25) is 0 Å². The van der Waals surface area contributed by atoms with Gasteiger partial charge >= 0.3 is 0 Å². The number of rotatable bonds is 8. The van der Waals surface area contributed by atoms with Crippen molar-refractivity contribution in [2.24, 2.45) is 5.73 Å². The number of nitrogens with zero attached hydrogens (tertiary/aromatic N) is 2. The van der Waals surface area contributed by atoms with Gasteiger partial charge in [-0.2, -0.15) is 0 Å². The molecule has 1 aromatic rings. The Morgan fingerprint density at radius 2 is 2.35 bits per heavy atom. The SMILES string of the molecule is CCCCN(Cc1csc(CCN)n1)C1CC1. The number of nitrogens with two attached hydrogens (primary N) is 1. The van der Waals surface area contributed by atoms with Crippen LogP contribution in [-0.2, 0) is 13.0 Å². The summed E-state index contributed by atoms with van der Waals surface area (Å²) >= 11 is 1.75. The fourth-order valence-corrected chi connectivity index (χ4v) is 2.86. The molecule has 0 radical (unpaired) electrons. The van der Waals surface area contributed by atoms with Gasteiger partial charge in [-0.25, -0.2) is 4.98 Å². The van der Waals surface area contributed by atoms with Crippen LogP contribution in [0.1, 0.15) is 43.3 Å². The molecule has 1 aromatic heterocycles. The molecule has 4 heteroatoms. The van der Waals surface area contributed by atoms with E-state index in [0.29, 0.717) is 6.54 Å². The lowest BCUT2D eigenvalue weighted by Gasteiger charge is -2.20. The first-order chi connectivity index (χ1) is 8.33. The fraction of sp³-hybridized carbons (Fsp3) is 0.769. The van der Waals surface area contributed by atoms with Crippen LogP contribution in [0.15, 0.2) is 5.38 Å². The molecule has 1 aliphatic rings. The molecular formula is C13H23N3S. The van der Waals surface area contributed by atoms with E-state index in [4.69, 9.17) is 5.73 Å². The van der Waals surface area contributed by atoms with Crippen LogP contribution in [0.3, 0.4) is 0 Å². The minimum atomic E-state index is 0.703. The van der Waals surface area contributed by atoms with E-state index >= 15 is 0 Å². The van der Waals surface area contributed by atoms with Crippen LogP contribution < -0.4 is 5.73 Å². The van der Waals surface area contributed by atoms with Gasteiger partial charge in [0.15, 0.2) is 0 Å². The summed E-state index contributed by atoms with van der Waals surface area (Å²) in [6.45, 7) is 5.22. The largest absolute Gasteiger partial charge is 0.330 e. The molecule has 0 aliphatic heterocycles. The molecule has 0 amide bonds. The third-order valence-corrected chi connectivity index (χ3v) is 4.14. The van der Waals surface area contributed by atoms with Crippen molar-refractivity contribution in [3.8, 4) is 0 Å². The second kappa shape index (κ2) is 6.47. The molecule has 1 saturated carbocycles. The van der Waals surface area contributed by atoms with Crippen molar-refractivity contribution in [1.29, 1.82) is 0 Å². The molecule has 96 valence electrons. The first-order valence-corrected chi connectivity index (χ1v) is 7.58. The molecule has 0 bridgehead atoms. The van der Waals surface area contributed by atoms with Gasteiger partial charge in [-0.05, 0) is 32.4 Å². The van der Waals surface area contributed by atoms with Crippen molar-refractivity contribution in [3.05, 3.63) is 16.1 Å². The summed E-state index contributed by atoms with van der Waals surface area (Å²) in [5.74, 6) is 0. The van der Waals surface area contributed by atoms with Crippen LogP contribution in [0.5, 0.6) is 0 Å². The van der Waals surface area contributed by atoms with Gasteiger partial charge in [-0.1, -0.05) is 13.3 Å². The van der Waals surface area contributed by atoms with Crippen LogP contribution >= 0.6 is 11.3 Å². The summed E-state index contributed by atoms with van der Waals surface area (Å²) in [5, 5.41) is 3.39. The summed E-state index contributed by atoms with van der Waals surface area (Å²) in [6, 6.07) is 0.834. The molecule has 1 fully saturated rings. The maximum absolute atomic E-state index is 5.55. The predicted molar refractivity (Wildman–Crippen MR) is 73.2 cm³/mol. The molecule has 0 aromatic carbocycles. The van der Waals surface area contributed by atoms with Crippen LogP contribution in [-0.4, -0.2) is 29.0 Å². The van der Waals surface area contributed by atoms with Crippen molar-refractivity contribution in [2.45, 2.75) is 51.6 Å². The van der Waals surface area contributed by atoms with E-state index in [9.17, 15) is 0 Å². The summed E-state index contributed by atoms with van der Waals surface area (Å²) in [7, 11) is 0. The second-order valence-corrected chi connectivity index (χ2v) is 5.77. The topological polar surface area (TPSA) is 42.1 Å². The highest BCUT2D eigenvalue weighted by Crippen LogP contribution is 2.28. The van der Waals surface area contributed by atoms with Crippen LogP contribution in [0.25, 0.3) is 0 Å². The molecule has 0 unspecified atom stereocenters. The minimum Gasteiger partial charge on any atom is -0.330 e. The molecular weight excluding hydrogens is 230 g/mol. The summed E-state index contributed by atoms with van der Waals surface area (Å²) in [4.78, 5) is 7.26. The summed E-state index contributed by atoms with van der Waals surface area (Å²) in [6.07, 6.45) is 6.26. The monoisotopic (exact) mass is 253 g/mol. The van der Waals surface area contributed by atoms with Gasteiger partial charge in [0.05, 0.1) is 10.7 Å². The first kappa shape index (κ1) is 13.0. The Kier molecular flexibility index (Phi) is 4.95. The average Bonchev–Trinajstić information content (AvgIpc) is 3.08. The van der Waals surface area contributed by atoms with Crippen molar-refractivity contribution in [2.75, 3.05) is 13.1 Å². The maximum Gasteiger partial charge on any atom is 0.0941 e. The lowest BCUT2D eigenvalue weighted by atomic mass is 10.3. The Bertz CT molecular complexity index is 333. The number of thiazole rings is 1. The Hall–Kier alpha value is -0.450. The normalized spacial score (nSPS) is 15.7. The van der Waals surface area contributed by atoms with E-state index in [0.717, 1.165) is 19.0 Å². The van der Waals surface area contributed by atoms with Gasteiger partial charge in [0.1, 0.15) is 0 Å². The summed E-state index contributed by atoms with van der Waals surface area (Å²) in [5.41, 5.74) is 6.79. The Labute approximate surface area is 108 Å². The van der Waals surface area contributed by atoms with Crippen LogP contribution in [0, 0.1) is 0 Å². The zero-order chi connectivity index (χ0) is 12.1. The lowest BCUT2D eigenvalue weighted by Crippen LogP contribution is -2.26. The average molecular weight is 253 g/mol. The van der Waals surface area contributed by atoms with Crippen molar-refractivity contribution < 1.29 is 0 Å². The van der Waals surface area contributed by atoms with Crippen molar-refractivity contribution in [3.63, 3.8) is 0 Å². The number of hydrogen-bond donors (Lipinski definition) is 1. The standard InChI is InChI=1S/C13H23N3S/c1-2-3-8-16(12-4-5-12)9-11-10-17-13(15-11)6-7-14/h10,12H,2-9,14H2,1H3. The van der Waals surface area contributed by atoms with E-state index in [1.54, 1.807) is 11.3 Å². The molecule has 3 nitrogen and oxygen atoms in total. The number of hydrogen-bond acceptors (Lipinski definition) is 4. The van der Waals surface area contributed by atoms with Gasteiger partial charge in [0, 0.05) is 24.4 Å². The zero-order valence-electron chi connectivity index (χ0n) is 10.7. The molecule has 2 N–H and O–H groups in total. The highest BCUT2D eigenvalue weighted by molar-refractivity contribution is 7.09. The molecule has 2 rings (SSSR count). The van der Waals surface area contributed by atoms with E-state index in [2.05, 4.69) is 22.2 Å². The van der Waals surface area contributed by atoms with E-state index < -0.39 is 0 Å². The Balaban J connectivity index is 1.87. The lowest BCUT2D eigenvalue weighted by molar-refractivity contribution is 0.248. The van der Waals surface area contributed by atoms with Crippen molar-refractivity contribution in [1.82, 2.24) is 9.88 Å². The predicted octanol–water partition coefficient (Wildman–Crippen LogP) is 2.41. The van der Waals surface area contributed by atoms with E-state index in [-0.39, 0.29) is 0 Å². The van der Waals surface area contributed by atoms with Gasteiger partial charge in [-0.15, -0.1) is 11.3 Å². The van der Waals surface area contributed by atoms with Gasteiger partial charge in [-0.3, -0.25) is 4.90 Å². The second-order valence-electron chi connectivity index (χ2n) is 4.83. The third-order valence-electron chi connectivity index (χ3n) is 3.18. The Morgan fingerprint density at radius 1 is 1.53 bits per heavy atom. The molecule has 1 aliphatic carbocycles.